The molecular formula is C22H22N4O2S. The molecule has 1 N–H and O–H groups in total. The van der Waals surface area contributed by atoms with Crippen molar-refractivity contribution in [3.8, 4) is 10.7 Å². The number of rotatable bonds is 5. The summed E-state index contributed by atoms with van der Waals surface area (Å²) in [7, 11) is 0. The number of carbonyl (C=O) groups is 2. The maximum Gasteiger partial charge on any atom is 0.255 e. The normalized spacial score (nSPS) is 13.9. The van der Waals surface area contributed by atoms with E-state index in [1.165, 1.54) is 11.3 Å². The number of piperidine rings is 1. The van der Waals surface area contributed by atoms with Crippen LogP contribution in [-0.4, -0.2) is 39.8 Å². The molecule has 4 rings (SSSR count). The number of hydrogen-bond donors (Lipinski definition) is 1. The van der Waals surface area contributed by atoms with Gasteiger partial charge in [0.15, 0.2) is 0 Å². The first-order chi connectivity index (χ1) is 14.2. The Hall–Kier alpha value is -3.06. The minimum absolute atomic E-state index is 0.0216. The van der Waals surface area contributed by atoms with Gasteiger partial charge in [-0.1, -0.05) is 18.2 Å². The van der Waals surface area contributed by atoms with Crippen LogP contribution in [0.1, 0.15) is 35.3 Å². The van der Waals surface area contributed by atoms with Crippen LogP contribution in [-0.2, 0) is 11.2 Å². The summed E-state index contributed by atoms with van der Waals surface area (Å²) < 4.78 is 0. The Kier molecular flexibility index (Phi) is 5.95. The fraction of sp³-hybridized carbons (Fsp3) is 0.273. The molecule has 0 unspecified atom stereocenters. The van der Waals surface area contributed by atoms with Crippen molar-refractivity contribution in [3.63, 3.8) is 0 Å². The molecular weight excluding hydrogens is 384 g/mol. The van der Waals surface area contributed by atoms with Crippen molar-refractivity contribution in [2.75, 3.05) is 18.4 Å². The van der Waals surface area contributed by atoms with Gasteiger partial charge in [0.25, 0.3) is 5.91 Å². The minimum Gasteiger partial charge on any atom is -0.339 e. The monoisotopic (exact) mass is 406 g/mol. The van der Waals surface area contributed by atoms with Crippen LogP contribution in [0, 0.1) is 0 Å². The molecule has 1 aliphatic rings. The van der Waals surface area contributed by atoms with Crippen LogP contribution >= 0.6 is 11.3 Å². The molecule has 2 aromatic heterocycles. The number of anilines is 1. The summed E-state index contributed by atoms with van der Waals surface area (Å²) in [6, 6.07) is 12.9. The molecule has 0 aliphatic carbocycles. The Bertz CT molecular complexity index is 997. The van der Waals surface area contributed by atoms with Gasteiger partial charge in [0.05, 0.1) is 29.1 Å². The topological polar surface area (TPSA) is 75.2 Å². The molecule has 1 saturated heterocycles. The van der Waals surface area contributed by atoms with Gasteiger partial charge < -0.3 is 10.2 Å². The molecule has 0 saturated carbocycles. The van der Waals surface area contributed by atoms with E-state index in [9.17, 15) is 9.59 Å². The van der Waals surface area contributed by atoms with Gasteiger partial charge in [-0.2, -0.15) is 0 Å². The van der Waals surface area contributed by atoms with E-state index < -0.39 is 0 Å². The van der Waals surface area contributed by atoms with Crippen molar-refractivity contribution in [1.82, 2.24) is 14.9 Å². The lowest BCUT2D eigenvalue weighted by Gasteiger charge is -2.27. The lowest BCUT2D eigenvalue weighted by molar-refractivity contribution is -0.115. The summed E-state index contributed by atoms with van der Waals surface area (Å²) in [6.07, 6.45) is 5.09. The quantitative estimate of drug-likeness (QED) is 0.695. The highest BCUT2D eigenvalue weighted by Crippen LogP contribution is 2.23. The number of nitrogens with zero attached hydrogens (tertiary/aromatic N) is 3. The fourth-order valence-electron chi connectivity index (χ4n) is 3.40. The maximum atomic E-state index is 12.9. The van der Waals surface area contributed by atoms with Gasteiger partial charge in [0.2, 0.25) is 5.91 Å². The number of hydrogen-bond acceptors (Lipinski definition) is 5. The number of likely N-dealkylation sites (tertiary alicyclic amines) is 1. The van der Waals surface area contributed by atoms with E-state index in [1.54, 1.807) is 18.3 Å². The first-order valence-corrected chi connectivity index (χ1v) is 10.6. The molecule has 0 radical (unpaired) electrons. The predicted octanol–water partition coefficient (Wildman–Crippen LogP) is 4.01. The molecule has 0 spiro atoms. The van der Waals surface area contributed by atoms with Crippen molar-refractivity contribution in [2.45, 2.75) is 25.7 Å². The first kappa shape index (κ1) is 19.3. The van der Waals surface area contributed by atoms with Crippen LogP contribution in [0.5, 0.6) is 0 Å². The van der Waals surface area contributed by atoms with Crippen molar-refractivity contribution >= 4 is 28.8 Å². The van der Waals surface area contributed by atoms with Gasteiger partial charge in [0, 0.05) is 24.7 Å². The Labute approximate surface area is 173 Å². The van der Waals surface area contributed by atoms with Gasteiger partial charge in [-0.25, -0.2) is 4.98 Å². The highest BCUT2D eigenvalue weighted by Gasteiger charge is 2.21. The van der Waals surface area contributed by atoms with Crippen molar-refractivity contribution in [1.29, 1.82) is 0 Å². The smallest absolute Gasteiger partial charge is 0.255 e. The van der Waals surface area contributed by atoms with Gasteiger partial charge in [0.1, 0.15) is 5.01 Å². The maximum absolute atomic E-state index is 12.9. The lowest BCUT2D eigenvalue weighted by atomic mass is 10.1. The number of pyridine rings is 1. The average molecular weight is 407 g/mol. The number of amides is 2. The Morgan fingerprint density at radius 1 is 1.03 bits per heavy atom. The summed E-state index contributed by atoms with van der Waals surface area (Å²) in [5, 5.41) is 5.55. The first-order valence-electron chi connectivity index (χ1n) is 9.74. The zero-order valence-corrected chi connectivity index (χ0v) is 16.8. The summed E-state index contributed by atoms with van der Waals surface area (Å²) in [4.78, 5) is 36.1. The van der Waals surface area contributed by atoms with Crippen LogP contribution in [0.4, 0.5) is 5.69 Å². The highest BCUT2D eigenvalue weighted by molar-refractivity contribution is 7.13. The Morgan fingerprint density at radius 2 is 1.83 bits per heavy atom. The molecule has 0 bridgehead atoms. The number of nitrogens with one attached hydrogen (secondary N) is 1. The number of para-hydroxylation sites is 1. The summed E-state index contributed by atoms with van der Waals surface area (Å²) in [6.45, 7) is 1.55. The molecule has 2 amide bonds. The number of benzene rings is 1. The zero-order valence-electron chi connectivity index (χ0n) is 16.0. The van der Waals surface area contributed by atoms with E-state index in [0.29, 0.717) is 16.9 Å². The highest BCUT2D eigenvalue weighted by atomic mass is 32.1. The van der Waals surface area contributed by atoms with E-state index in [0.717, 1.165) is 43.1 Å². The van der Waals surface area contributed by atoms with Crippen LogP contribution in [0.15, 0.2) is 54.0 Å². The average Bonchev–Trinajstić information content (AvgIpc) is 3.23. The number of aromatic nitrogens is 2. The molecule has 148 valence electrons. The predicted molar refractivity (Wildman–Crippen MR) is 114 cm³/mol. The molecule has 0 atom stereocenters. The molecule has 7 heteroatoms. The van der Waals surface area contributed by atoms with Gasteiger partial charge in [-0.15, -0.1) is 11.3 Å². The van der Waals surface area contributed by atoms with Gasteiger partial charge in [-0.3, -0.25) is 14.6 Å². The molecule has 1 aromatic carbocycles. The van der Waals surface area contributed by atoms with Crippen LogP contribution in [0.3, 0.4) is 0 Å². The second-order valence-electron chi connectivity index (χ2n) is 6.98. The lowest BCUT2D eigenvalue weighted by Crippen LogP contribution is -2.36. The standard InChI is InChI=1S/C22H22N4O2S/c27-20(14-16-15-29-21(24-16)19-10-4-5-11-23-19)25-18-9-3-2-8-17(18)22(28)26-12-6-1-7-13-26/h2-5,8-11,15H,1,6-7,12-14H2,(H,25,27). The molecule has 1 fully saturated rings. The third kappa shape index (κ3) is 4.68. The zero-order chi connectivity index (χ0) is 20.1. The molecule has 1 aliphatic heterocycles. The number of thiazole rings is 1. The van der Waals surface area contributed by atoms with Gasteiger partial charge in [-0.05, 0) is 43.5 Å². The third-order valence-corrected chi connectivity index (χ3v) is 5.77. The van der Waals surface area contributed by atoms with Crippen molar-refractivity contribution in [3.05, 3.63) is 65.3 Å². The second-order valence-corrected chi connectivity index (χ2v) is 7.84. The van der Waals surface area contributed by atoms with Crippen LogP contribution in [0.25, 0.3) is 10.7 Å². The largest absolute Gasteiger partial charge is 0.339 e. The molecule has 6 nitrogen and oxygen atoms in total. The second kappa shape index (κ2) is 8.96. The van der Waals surface area contributed by atoms with Crippen LogP contribution < -0.4 is 5.32 Å². The number of carbonyl (C=O) groups excluding carboxylic acids is 2. The van der Waals surface area contributed by atoms with E-state index >= 15 is 0 Å². The molecule has 3 heterocycles. The van der Waals surface area contributed by atoms with Crippen molar-refractivity contribution < 1.29 is 9.59 Å². The molecule has 29 heavy (non-hydrogen) atoms. The summed E-state index contributed by atoms with van der Waals surface area (Å²) >= 11 is 1.46. The van der Waals surface area contributed by atoms with E-state index in [1.807, 2.05) is 40.6 Å². The minimum atomic E-state index is -0.193. The Morgan fingerprint density at radius 3 is 2.62 bits per heavy atom. The fourth-order valence-corrected chi connectivity index (χ4v) is 4.20. The Balaban J connectivity index is 1.44. The summed E-state index contributed by atoms with van der Waals surface area (Å²) in [5.74, 6) is -0.214. The third-order valence-electron chi connectivity index (χ3n) is 4.85. The SMILES string of the molecule is O=C(Cc1csc(-c2ccccn2)n1)Nc1ccccc1C(=O)N1CCCCC1. The van der Waals surface area contributed by atoms with Gasteiger partial charge >= 0.3 is 0 Å². The van der Waals surface area contributed by atoms with E-state index in [-0.39, 0.29) is 18.2 Å². The molecule has 3 aromatic rings. The van der Waals surface area contributed by atoms with Crippen molar-refractivity contribution in [2.24, 2.45) is 0 Å². The van der Waals surface area contributed by atoms with Crippen LogP contribution in [0.2, 0.25) is 0 Å². The van der Waals surface area contributed by atoms with E-state index in [2.05, 4.69) is 15.3 Å². The summed E-state index contributed by atoms with van der Waals surface area (Å²) in [5.41, 5.74) is 2.57. The van der Waals surface area contributed by atoms with E-state index in [4.69, 9.17) is 0 Å².